The van der Waals surface area contributed by atoms with Gasteiger partial charge in [0.2, 0.25) is 0 Å². The molecule has 1 unspecified atom stereocenters. The van der Waals surface area contributed by atoms with E-state index in [1.165, 1.54) is 0 Å². The third-order valence-corrected chi connectivity index (χ3v) is 2.82. The second-order valence-corrected chi connectivity index (χ2v) is 4.41. The van der Waals surface area contributed by atoms with Crippen molar-refractivity contribution in [3.63, 3.8) is 0 Å². The standard InChI is InChI=1S/C11H17N3O2/c1-6(2)8-9(12)13-10(14-11(8)15)7-4-3-5-16-7/h6-7H,3-5H2,1-2H3,(H3,12,13,14,15). The monoisotopic (exact) mass is 223 g/mol. The van der Waals surface area contributed by atoms with Crippen molar-refractivity contribution in [2.24, 2.45) is 0 Å². The van der Waals surface area contributed by atoms with Crippen LogP contribution >= 0.6 is 0 Å². The van der Waals surface area contributed by atoms with E-state index in [9.17, 15) is 4.79 Å². The normalized spacial score (nSPS) is 20.6. The average molecular weight is 223 g/mol. The zero-order chi connectivity index (χ0) is 11.7. The SMILES string of the molecule is CC(C)c1c(N)nc(C2CCCO2)[nH]c1=O. The molecule has 0 aliphatic carbocycles. The molecule has 1 aliphatic heterocycles. The van der Waals surface area contributed by atoms with Gasteiger partial charge in [0, 0.05) is 6.61 Å². The fourth-order valence-corrected chi connectivity index (χ4v) is 2.02. The molecule has 16 heavy (non-hydrogen) atoms. The number of hydrogen-bond acceptors (Lipinski definition) is 4. The van der Waals surface area contributed by atoms with Gasteiger partial charge < -0.3 is 15.5 Å². The molecule has 5 heteroatoms. The van der Waals surface area contributed by atoms with Crippen molar-refractivity contribution in [3.8, 4) is 0 Å². The summed E-state index contributed by atoms with van der Waals surface area (Å²) in [6, 6.07) is 0. The highest BCUT2D eigenvalue weighted by Gasteiger charge is 2.22. The minimum atomic E-state index is -0.145. The second-order valence-electron chi connectivity index (χ2n) is 4.41. The zero-order valence-corrected chi connectivity index (χ0v) is 9.62. The largest absolute Gasteiger partial charge is 0.383 e. The van der Waals surface area contributed by atoms with E-state index in [4.69, 9.17) is 10.5 Å². The first-order valence-electron chi connectivity index (χ1n) is 5.60. The van der Waals surface area contributed by atoms with E-state index < -0.39 is 0 Å². The molecular formula is C11H17N3O2. The van der Waals surface area contributed by atoms with Gasteiger partial charge in [0.15, 0.2) is 0 Å². The predicted octanol–water partition coefficient (Wildman–Crippen LogP) is 1.33. The summed E-state index contributed by atoms with van der Waals surface area (Å²) < 4.78 is 5.46. The lowest BCUT2D eigenvalue weighted by Crippen LogP contribution is -2.22. The number of nitrogens with two attached hydrogens (primary N) is 1. The maximum atomic E-state index is 11.8. The van der Waals surface area contributed by atoms with Crippen LogP contribution in [0.1, 0.15) is 50.1 Å². The van der Waals surface area contributed by atoms with E-state index in [2.05, 4.69) is 9.97 Å². The van der Waals surface area contributed by atoms with E-state index in [1.54, 1.807) is 0 Å². The highest BCUT2D eigenvalue weighted by molar-refractivity contribution is 5.39. The molecule has 1 aromatic rings. The van der Waals surface area contributed by atoms with Crippen LogP contribution < -0.4 is 11.3 Å². The highest BCUT2D eigenvalue weighted by Crippen LogP contribution is 2.26. The Hall–Kier alpha value is -1.36. The van der Waals surface area contributed by atoms with E-state index in [-0.39, 0.29) is 17.6 Å². The zero-order valence-electron chi connectivity index (χ0n) is 9.62. The van der Waals surface area contributed by atoms with Gasteiger partial charge in [-0.15, -0.1) is 0 Å². The molecule has 2 rings (SSSR count). The summed E-state index contributed by atoms with van der Waals surface area (Å²) in [5.41, 5.74) is 6.22. The molecule has 0 spiro atoms. The first-order chi connectivity index (χ1) is 7.59. The molecule has 5 nitrogen and oxygen atoms in total. The number of aromatic amines is 1. The Balaban J connectivity index is 2.40. The molecule has 0 aromatic carbocycles. The number of nitrogens with zero attached hydrogens (tertiary/aromatic N) is 1. The first-order valence-corrected chi connectivity index (χ1v) is 5.60. The molecule has 1 aromatic heterocycles. The topological polar surface area (TPSA) is 81.0 Å². The number of aromatic nitrogens is 2. The van der Waals surface area contributed by atoms with Crippen molar-refractivity contribution >= 4 is 5.82 Å². The molecule has 3 N–H and O–H groups in total. The Labute approximate surface area is 94.0 Å². The Kier molecular flexibility index (Phi) is 2.96. The quantitative estimate of drug-likeness (QED) is 0.792. The maximum absolute atomic E-state index is 11.8. The minimum absolute atomic E-state index is 0.0785. The molecular weight excluding hydrogens is 206 g/mol. The van der Waals surface area contributed by atoms with Crippen LogP contribution in [0.15, 0.2) is 4.79 Å². The lowest BCUT2D eigenvalue weighted by atomic mass is 10.1. The Morgan fingerprint density at radius 3 is 2.81 bits per heavy atom. The summed E-state index contributed by atoms with van der Waals surface area (Å²) in [6.45, 7) is 4.57. The summed E-state index contributed by atoms with van der Waals surface area (Å²) in [4.78, 5) is 18.8. The minimum Gasteiger partial charge on any atom is -0.383 e. The van der Waals surface area contributed by atoms with Gasteiger partial charge in [0.25, 0.3) is 5.56 Å². The number of ether oxygens (including phenoxy) is 1. The predicted molar refractivity (Wildman–Crippen MR) is 61.3 cm³/mol. The van der Waals surface area contributed by atoms with Crippen molar-refractivity contribution in [1.29, 1.82) is 0 Å². The first kappa shape index (κ1) is 11.1. The van der Waals surface area contributed by atoms with E-state index in [0.29, 0.717) is 17.2 Å². The fourth-order valence-electron chi connectivity index (χ4n) is 2.02. The highest BCUT2D eigenvalue weighted by atomic mass is 16.5. The Morgan fingerprint density at radius 2 is 2.31 bits per heavy atom. The lowest BCUT2D eigenvalue weighted by molar-refractivity contribution is 0.105. The van der Waals surface area contributed by atoms with Crippen LogP contribution in [-0.2, 0) is 4.74 Å². The van der Waals surface area contributed by atoms with Crippen molar-refractivity contribution in [2.75, 3.05) is 12.3 Å². The van der Waals surface area contributed by atoms with Gasteiger partial charge in [0.1, 0.15) is 17.7 Å². The number of rotatable bonds is 2. The molecule has 0 amide bonds. The van der Waals surface area contributed by atoms with Crippen molar-refractivity contribution < 1.29 is 4.74 Å². The van der Waals surface area contributed by atoms with Gasteiger partial charge in [-0.05, 0) is 18.8 Å². The van der Waals surface area contributed by atoms with Crippen LogP contribution in [0.25, 0.3) is 0 Å². The number of anilines is 1. The molecule has 88 valence electrons. The van der Waals surface area contributed by atoms with Gasteiger partial charge in [-0.2, -0.15) is 0 Å². The average Bonchev–Trinajstić information content (AvgIpc) is 2.67. The number of nitrogen functional groups attached to an aromatic ring is 1. The van der Waals surface area contributed by atoms with Crippen molar-refractivity contribution in [2.45, 2.75) is 38.7 Å². The maximum Gasteiger partial charge on any atom is 0.256 e. The molecule has 0 bridgehead atoms. The summed E-state index contributed by atoms with van der Waals surface area (Å²) in [5.74, 6) is 0.962. The Morgan fingerprint density at radius 1 is 1.56 bits per heavy atom. The Bertz CT molecular complexity index is 433. The smallest absolute Gasteiger partial charge is 0.256 e. The summed E-state index contributed by atoms with van der Waals surface area (Å²) in [6.07, 6.45) is 1.79. The van der Waals surface area contributed by atoms with Gasteiger partial charge in [-0.3, -0.25) is 4.79 Å². The third-order valence-electron chi connectivity index (χ3n) is 2.82. The van der Waals surface area contributed by atoms with Crippen LogP contribution in [0.5, 0.6) is 0 Å². The fraction of sp³-hybridized carbons (Fsp3) is 0.636. The van der Waals surface area contributed by atoms with Crippen LogP contribution in [-0.4, -0.2) is 16.6 Å². The molecule has 0 radical (unpaired) electrons. The molecule has 1 aliphatic rings. The molecule has 0 saturated carbocycles. The van der Waals surface area contributed by atoms with Gasteiger partial charge in [-0.25, -0.2) is 4.98 Å². The van der Waals surface area contributed by atoms with Crippen LogP contribution in [0.4, 0.5) is 5.82 Å². The molecule has 1 saturated heterocycles. The molecule has 1 atom stereocenters. The van der Waals surface area contributed by atoms with Crippen molar-refractivity contribution in [3.05, 3.63) is 21.7 Å². The lowest BCUT2D eigenvalue weighted by Gasteiger charge is -2.12. The van der Waals surface area contributed by atoms with E-state index in [0.717, 1.165) is 19.4 Å². The van der Waals surface area contributed by atoms with Crippen molar-refractivity contribution in [1.82, 2.24) is 9.97 Å². The summed E-state index contributed by atoms with van der Waals surface area (Å²) in [5, 5.41) is 0. The third kappa shape index (κ3) is 1.95. The second kappa shape index (κ2) is 4.25. The number of nitrogens with one attached hydrogen (secondary N) is 1. The summed E-state index contributed by atoms with van der Waals surface area (Å²) >= 11 is 0. The van der Waals surface area contributed by atoms with Gasteiger partial charge in [-0.1, -0.05) is 13.8 Å². The van der Waals surface area contributed by atoms with Gasteiger partial charge >= 0.3 is 0 Å². The van der Waals surface area contributed by atoms with Crippen LogP contribution in [0.2, 0.25) is 0 Å². The van der Waals surface area contributed by atoms with Crippen LogP contribution in [0, 0.1) is 0 Å². The molecule has 2 heterocycles. The molecule has 1 fully saturated rings. The van der Waals surface area contributed by atoms with Gasteiger partial charge in [0.05, 0.1) is 5.56 Å². The number of hydrogen-bond donors (Lipinski definition) is 2. The number of H-pyrrole nitrogens is 1. The van der Waals surface area contributed by atoms with E-state index in [1.807, 2.05) is 13.8 Å². The van der Waals surface area contributed by atoms with Crippen LogP contribution in [0.3, 0.4) is 0 Å². The van der Waals surface area contributed by atoms with E-state index >= 15 is 0 Å². The summed E-state index contributed by atoms with van der Waals surface area (Å²) in [7, 11) is 0.